The topological polar surface area (TPSA) is 77.8 Å². The molecule has 2 atom stereocenters. The van der Waals surface area contributed by atoms with E-state index in [0.29, 0.717) is 5.56 Å². The third-order valence-electron chi connectivity index (χ3n) is 5.33. The van der Waals surface area contributed by atoms with Gasteiger partial charge in [0.25, 0.3) is 5.91 Å². The van der Waals surface area contributed by atoms with Crippen molar-refractivity contribution in [2.75, 3.05) is 0 Å². The van der Waals surface area contributed by atoms with Crippen LogP contribution in [0.5, 0.6) is 0 Å². The predicted molar refractivity (Wildman–Crippen MR) is 117 cm³/mol. The highest BCUT2D eigenvalue weighted by atomic mass is 16.4. The first kappa shape index (κ1) is 20.4. The number of fused-ring (bicyclic) bond motifs is 1. The van der Waals surface area contributed by atoms with Gasteiger partial charge in [-0.05, 0) is 60.0 Å². The molecular formula is C26H21NO4. The van der Waals surface area contributed by atoms with Crippen molar-refractivity contribution < 1.29 is 19.8 Å². The Morgan fingerprint density at radius 1 is 0.935 bits per heavy atom. The van der Waals surface area contributed by atoms with Crippen molar-refractivity contribution in [1.82, 2.24) is 4.90 Å². The van der Waals surface area contributed by atoms with Gasteiger partial charge < -0.3 is 15.1 Å². The third-order valence-corrected chi connectivity index (χ3v) is 5.33. The Morgan fingerprint density at radius 3 is 2.16 bits per heavy atom. The number of hydrogen-bond donors (Lipinski definition) is 2. The van der Waals surface area contributed by atoms with Crippen LogP contribution in [0.3, 0.4) is 0 Å². The van der Waals surface area contributed by atoms with E-state index < -0.39 is 18.1 Å². The molecule has 5 heteroatoms. The lowest BCUT2D eigenvalue weighted by Crippen LogP contribution is -2.48. The molecule has 1 amide bonds. The van der Waals surface area contributed by atoms with Crippen LogP contribution < -0.4 is 0 Å². The molecule has 0 aliphatic carbocycles. The quantitative estimate of drug-likeness (QED) is 0.644. The SMILES string of the molecule is C[C@@H](O)[C@@H](C(=O)O)N1Cc2cc(-c3ccc(C#Cc4ccccc4)cc3)ccc2C1=O. The fourth-order valence-electron chi connectivity index (χ4n) is 3.76. The molecule has 3 aromatic carbocycles. The van der Waals surface area contributed by atoms with Crippen LogP contribution in [-0.4, -0.2) is 39.1 Å². The monoisotopic (exact) mass is 411 g/mol. The molecule has 4 rings (SSSR count). The van der Waals surface area contributed by atoms with E-state index in [2.05, 4.69) is 11.8 Å². The summed E-state index contributed by atoms with van der Waals surface area (Å²) in [5.41, 5.74) is 4.99. The van der Waals surface area contributed by atoms with Gasteiger partial charge in [0.15, 0.2) is 6.04 Å². The van der Waals surface area contributed by atoms with Crippen molar-refractivity contribution in [1.29, 1.82) is 0 Å². The number of aliphatic hydroxyl groups excluding tert-OH is 1. The number of carboxylic acid groups (broad SMARTS) is 1. The molecule has 1 heterocycles. The third kappa shape index (κ3) is 4.20. The van der Waals surface area contributed by atoms with E-state index in [-0.39, 0.29) is 12.5 Å². The zero-order valence-corrected chi connectivity index (χ0v) is 16.9. The van der Waals surface area contributed by atoms with E-state index in [4.69, 9.17) is 0 Å². The normalized spacial score (nSPS) is 14.4. The highest BCUT2D eigenvalue weighted by Crippen LogP contribution is 2.30. The number of carbonyl (C=O) groups is 2. The summed E-state index contributed by atoms with van der Waals surface area (Å²) in [7, 11) is 0. The first-order valence-corrected chi connectivity index (χ1v) is 9.96. The smallest absolute Gasteiger partial charge is 0.329 e. The number of nitrogens with zero attached hydrogens (tertiary/aromatic N) is 1. The molecule has 0 unspecified atom stereocenters. The molecule has 1 aliphatic rings. The minimum absolute atomic E-state index is 0.157. The molecule has 0 radical (unpaired) electrons. The maximum absolute atomic E-state index is 12.7. The van der Waals surface area contributed by atoms with Gasteiger partial charge in [-0.15, -0.1) is 0 Å². The van der Waals surface area contributed by atoms with Crippen molar-refractivity contribution in [2.24, 2.45) is 0 Å². The van der Waals surface area contributed by atoms with Crippen LogP contribution in [0.1, 0.15) is 34.0 Å². The Morgan fingerprint density at radius 2 is 1.55 bits per heavy atom. The fourth-order valence-corrected chi connectivity index (χ4v) is 3.76. The van der Waals surface area contributed by atoms with Gasteiger partial charge in [0.1, 0.15) is 0 Å². The van der Waals surface area contributed by atoms with Crippen LogP contribution >= 0.6 is 0 Å². The summed E-state index contributed by atoms with van der Waals surface area (Å²) in [5, 5.41) is 19.2. The summed E-state index contributed by atoms with van der Waals surface area (Å²) in [6, 6.07) is 21.8. The summed E-state index contributed by atoms with van der Waals surface area (Å²) in [6.45, 7) is 1.53. The van der Waals surface area contributed by atoms with Crippen molar-refractivity contribution >= 4 is 11.9 Å². The van der Waals surface area contributed by atoms with E-state index in [1.807, 2.05) is 66.7 Å². The van der Waals surface area contributed by atoms with Crippen molar-refractivity contribution in [3.05, 3.63) is 95.1 Å². The lowest BCUT2D eigenvalue weighted by Gasteiger charge is -2.26. The van der Waals surface area contributed by atoms with Crippen LogP contribution in [0.2, 0.25) is 0 Å². The number of hydrogen-bond acceptors (Lipinski definition) is 3. The van der Waals surface area contributed by atoms with Gasteiger partial charge in [0.2, 0.25) is 0 Å². The summed E-state index contributed by atoms with van der Waals surface area (Å²) in [6.07, 6.45) is -1.17. The van der Waals surface area contributed by atoms with Gasteiger partial charge in [-0.3, -0.25) is 4.79 Å². The number of benzene rings is 3. The average Bonchev–Trinajstić information content (AvgIpc) is 3.08. The number of carboxylic acids is 1. The Bertz CT molecular complexity index is 1190. The van der Waals surface area contributed by atoms with Crippen LogP contribution in [0, 0.1) is 11.8 Å². The predicted octanol–water partition coefficient (Wildman–Crippen LogP) is 3.54. The Hall–Kier alpha value is -3.88. The molecule has 2 N–H and O–H groups in total. The molecule has 5 nitrogen and oxygen atoms in total. The van der Waals surface area contributed by atoms with Gasteiger partial charge in [-0.2, -0.15) is 0 Å². The second-order valence-corrected chi connectivity index (χ2v) is 7.52. The highest BCUT2D eigenvalue weighted by Gasteiger charge is 2.39. The Balaban J connectivity index is 1.56. The van der Waals surface area contributed by atoms with E-state index in [1.54, 1.807) is 6.07 Å². The lowest BCUT2D eigenvalue weighted by atomic mass is 9.99. The molecule has 31 heavy (non-hydrogen) atoms. The first-order valence-electron chi connectivity index (χ1n) is 9.96. The molecule has 0 bridgehead atoms. The molecule has 154 valence electrons. The maximum atomic E-state index is 12.7. The molecule has 0 saturated heterocycles. The number of carbonyl (C=O) groups excluding carboxylic acids is 1. The van der Waals surface area contributed by atoms with Crippen LogP contribution in [0.4, 0.5) is 0 Å². The molecule has 0 aromatic heterocycles. The zero-order valence-electron chi connectivity index (χ0n) is 16.9. The molecular weight excluding hydrogens is 390 g/mol. The number of rotatable bonds is 4. The average molecular weight is 411 g/mol. The van der Waals surface area contributed by atoms with Gasteiger partial charge in [-0.25, -0.2) is 4.79 Å². The maximum Gasteiger partial charge on any atom is 0.329 e. The van der Waals surface area contributed by atoms with Gasteiger partial charge >= 0.3 is 5.97 Å². The molecule has 0 spiro atoms. The lowest BCUT2D eigenvalue weighted by molar-refractivity contribution is -0.146. The van der Waals surface area contributed by atoms with E-state index >= 15 is 0 Å². The molecule has 3 aromatic rings. The van der Waals surface area contributed by atoms with Crippen molar-refractivity contribution in [3.8, 4) is 23.0 Å². The summed E-state index contributed by atoms with van der Waals surface area (Å²) in [5.74, 6) is 4.68. The highest BCUT2D eigenvalue weighted by molar-refractivity contribution is 6.01. The Kier molecular flexibility index (Phi) is 5.57. The van der Waals surface area contributed by atoms with E-state index in [9.17, 15) is 19.8 Å². The zero-order chi connectivity index (χ0) is 22.0. The number of aliphatic carboxylic acids is 1. The standard InChI is InChI=1S/C26H21NO4/c1-17(28)24(26(30)31)27-16-22-15-21(13-14-23(22)25(27)29)20-11-9-19(10-12-20)8-7-18-5-3-2-4-6-18/h2-6,9-15,17,24,28H,16H2,1H3,(H,30,31)/t17-,24+/m1/s1. The second-order valence-electron chi connectivity index (χ2n) is 7.52. The molecule has 1 aliphatic heterocycles. The minimum atomic E-state index is -1.27. The van der Waals surface area contributed by atoms with Gasteiger partial charge in [0.05, 0.1) is 6.10 Å². The van der Waals surface area contributed by atoms with E-state index in [0.717, 1.165) is 27.8 Å². The fraction of sp³-hybridized carbons (Fsp3) is 0.154. The first-order chi connectivity index (χ1) is 14.9. The number of amides is 1. The van der Waals surface area contributed by atoms with Crippen molar-refractivity contribution in [2.45, 2.75) is 25.6 Å². The molecule has 0 fully saturated rings. The van der Waals surface area contributed by atoms with Crippen molar-refractivity contribution in [3.63, 3.8) is 0 Å². The largest absolute Gasteiger partial charge is 0.480 e. The van der Waals surface area contributed by atoms with E-state index in [1.165, 1.54) is 11.8 Å². The van der Waals surface area contributed by atoms with Gasteiger partial charge in [0, 0.05) is 23.2 Å². The summed E-state index contributed by atoms with van der Waals surface area (Å²) < 4.78 is 0. The molecule has 0 saturated carbocycles. The minimum Gasteiger partial charge on any atom is -0.480 e. The number of aliphatic hydroxyl groups is 1. The van der Waals surface area contributed by atoms with Gasteiger partial charge in [-0.1, -0.05) is 48.2 Å². The second kappa shape index (κ2) is 8.47. The van der Waals surface area contributed by atoms with Crippen LogP contribution in [-0.2, 0) is 11.3 Å². The van der Waals surface area contributed by atoms with Crippen LogP contribution in [0.15, 0.2) is 72.8 Å². The van der Waals surface area contributed by atoms with Crippen LogP contribution in [0.25, 0.3) is 11.1 Å². The summed E-state index contributed by atoms with van der Waals surface area (Å²) in [4.78, 5) is 25.4. The Labute approximate surface area is 180 Å². The summed E-state index contributed by atoms with van der Waals surface area (Å²) >= 11 is 0.